The van der Waals surface area contributed by atoms with Crippen LogP contribution in [-0.2, 0) is 11.3 Å². The van der Waals surface area contributed by atoms with Crippen molar-refractivity contribution in [3.05, 3.63) is 30.1 Å². The fourth-order valence-electron chi connectivity index (χ4n) is 2.39. The fourth-order valence-corrected chi connectivity index (χ4v) is 2.39. The number of H-pyrrole nitrogens is 1. The van der Waals surface area contributed by atoms with Crippen LogP contribution in [0.25, 0.3) is 22.6 Å². The number of carbonyl (C=O) groups excluding carboxylic acids is 1. The summed E-state index contributed by atoms with van der Waals surface area (Å²) in [6.07, 6.45) is 0. The van der Waals surface area contributed by atoms with Crippen molar-refractivity contribution >= 4 is 22.8 Å². The number of tetrazole rings is 1. The van der Waals surface area contributed by atoms with E-state index in [0.29, 0.717) is 23.9 Å². The average Bonchev–Trinajstić information content (AvgIpc) is 3.28. The predicted molar refractivity (Wildman–Crippen MR) is 80.6 cm³/mol. The van der Waals surface area contributed by atoms with Gasteiger partial charge in [-0.3, -0.25) is 4.79 Å². The Kier molecular flexibility index (Phi) is 3.23. The molecule has 4 aromatic rings. The Morgan fingerprint density at radius 1 is 1.33 bits per heavy atom. The first kappa shape index (κ1) is 14.0. The van der Waals surface area contributed by atoms with Gasteiger partial charge >= 0.3 is 0 Å². The van der Waals surface area contributed by atoms with E-state index in [-0.39, 0.29) is 11.7 Å². The first-order valence-corrected chi connectivity index (χ1v) is 7.00. The highest BCUT2D eigenvalue weighted by atomic mass is 16.6. The molecule has 1 aromatic carbocycles. The van der Waals surface area contributed by atoms with Gasteiger partial charge in [0.25, 0.3) is 0 Å². The van der Waals surface area contributed by atoms with Crippen LogP contribution in [0.15, 0.2) is 28.9 Å². The molecule has 11 heteroatoms. The van der Waals surface area contributed by atoms with E-state index in [1.54, 1.807) is 0 Å². The molecule has 0 saturated carbocycles. The number of nitrogens with one attached hydrogen (secondary N) is 2. The van der Waals surface area contributed by atoms with E-state index < -0.39 is 0 Å². The standard InChI is InChI=1S/C13H11N9O2/c1-7(23)14-12-11(18-24-19-12)13-15-8-4-2-3-5-9(8)22(13)6-10-16-20-21-17-10/h2-5H,6H2,1H3,(H,14,19,23)(H,16,17,20,21). The lowest BCUT2D eigenvalue weighted by atomic mass is 10.3. The largest absolute Gasteiger partial charge is 0.315 e. The summed E-state index contributed by atoms with van der Waals surface area (Å²) in [6.45, 7) is 1.69. The van der Waals surface area contributed by atoms with E-state index in [1.807, 2.05) is 28.8 Å². The number of amides is 1. The van der Waals surface area contributed by atoms with Gasteiger partial charge in [0.05, 0.1) is 17.6 Å². The molecule has 4 rings (SSSR count). The number of aromatic amines is 1. The SMILES string of the molecule is CC(=O)Nc1nonc1-c1nc2ccccc2n1Cc1nn[nH]n1. The summed E-state index contributed by atoms with van der Waals surface area (Å²) < 4.78 is 6.62. The lowest BCUT2D eigenvalue weighted by Gasteiger charge is -2.05. The second kappa shape index (κ2) is 5.53. The Hall–Kier alpha value is -3.63. The predicted octanol–water partition coefficient (Wildman–Crippen LogP) is 0.606. The quantitative estimate of drug-likeness (QED) is 0.556. The lowest BCUT2D eigenvalue weighted by Crippen LogP contribution is -2.09. The van der Waals surface area contributed by atoms with Crippen LogP contribution in [0.3, 0.4) is 0 Å². The minimum atomic E-state index is -0.284. The number of hydrogen-bond acceptors (Lipinski definition) is 8. The van der Waals surface area contributed by atoms with Crippen LogP contribution in [-0.4, -0.2) is 46.4 Å². The summed E-state index contributed by atoms with van der Waals surface area (Å²) in [7, 11) is 0. The van der Waals surface area contributed by atoms with Crippen LogP contribution in [0.5, 0.6) is 0 Å². The molecular formula is C13H11N9O2. The third kappa shape index (κ3) is 2.37. The summed E-state index contributed by atoms with van der Waals surface area (Å²) >= 11 is 0. The maximum Gasteiger partial charge on any atom is 0.222 e. The Morgan fingerprint density at radius 2 is 2.21 bits per heavy atom. The van der Waals surface area contributed by atoms with Crippen LogP contribution < -0.4 is 5.32 Å². The molecule has 0 radical (unpaired) electrons. The fraction of sp³-hybridized carbons (Fsp3) is 0.154. The van der Waals surface area contributed by atoms with Gasteiger partial charge in [-0.1, -0.05) is 17.3 Å². The molecule has 0 fully saturated rings. The number of aromatic nitrogens is 8. The maximum atomic E-state index is 11.3. The third-order valence-electron chi connectivity index (χ3n) is 3.34. The third-order valence-corrected chi connectivity index (χ3v) is 3.34. The Morgan fingerprint density at radius 3 is 3.00 bits per heavy atom. The van der Waals surface area contributed by atoms with Crippen LogP contribution in [0.4, 0.5) is 5.82 Å². The first-order valence-electron chi connectivity index (χ1n) is 7.00. The lowest BCUT2D eigenvalue weighted by molar-refractivity contribution is -0.114. The molecule has 24 heavy (non-hydrogen) atoms. The Labute approximate surface area is 134 Å². The molecule has 2 N–H and O–H groups in total. The van der Waals surface area contributed by atoms with E-state index in [2.05, 4.69) is 41.2 Å². The van der Waals surface area contributed by atoms with E-state index in [1.165, 1.54) is 6.92 Å². The molecule has 0 aliphatic carbocycles. The van der Waals surface area contributed by atoms with Crippen LogP contribution in [0, 0.1) is 0 Å². The number of benzene rings is 1. The highest BCUT2D eigenvalue weighted by Crippen LogP contribution is 2.28. The van der Waals surface area contributed by atoms with E-state index in [4.69, 9.17) is 4.63 Å². The number of anilines is 1. The van der Waals surface area contributed by atoms with Crippen LogP contribution >= 0.6 is 0 Å². The molecule has 0 unspecified atom stereocenters. The zero-order chi connectivity index (χ0) is 16.5. The molecule has 11 nitrogen and oxygen atoms in total. The highest BCUT2D eigenvalue weighted by Gasteiger charge is 2.22. The van der Waals surface area contributed by atoms with Crippen LogP contribution in [0.2, 0.25) is 0 Å². The molecule has 0 aliphatic rings. The smallest absolute Gasteiger partial charge is 0.222 e. The second-order valence-electron chi connectivity index (χ2n) is 4.98. The normalized spacial score (nSPS) is 11.0. The number of para-hydroxylation sites is 2. The van der Waals surface area contributed by atoms with Crippen LogP contribution in [0.1, 0.15) is 12.7 Å². The van der Waals surface area contributed by atoms with Crippen molar-refractivity contribution in [2.75, 3.05) is 5.32 Å². The molecule has 0 saturated heterocycles. The summed E-state index contributed by atoms with van der Waals surface area (Å²) in [6, 6.07) is 7.57. The highest BCUT2D eigenvalue weighted by molar-refractivity contribution is 5.91. The summed E-state index contributed by atoms with van der Waals surface area (Å²) in [5.41, 5.74) is 1.94. The van der Waals surface area contributed by atoms with Gasteiger partial charge in [-0.05, 0) is 22.4 Å². The Bertz CT molecular complexity index is 1000. The maximum absolute atomic E-state index is 11.3. The van der Waals surface area contributed by atoms with Gasteiger partial charge < -0.3 is 9.88 Å². The van der Waals surface area contributed by atoms with Crippen molar-refractivity contribution < 1.29 is 9.42 Å². The number of rotatable bonds is 4. The Balaban J connectivity index is 1.88. The summed E-state index contributed by atoms with van der Waals surface area (Å²) in [5, 5.41) is 24.1. The van der Waals surface area contributed by atoms with Gasteiger partial charge in [-0.2, -0.15) is 5.21 Å². The molecule has 0 spiro atoms. The van der Waals surface area contributed by atoms with E-state index in [0.717, 1.165) is 11.0 Å². The average molecular weight is 325 g/mol. The zero-order valence-corrected chi connectivity index (χ0v) is 12.5. The van der Waals surface area contributed by atoms with Crippen molar-refractivity contribution in [2.45, 2.75) is 13.5 Å². The van der Waals surface area contributed by atoms with E-state index in [9.17, 15) is 4.79 Å². The monoisotopic (exact) mass is 325 g/mol. The summed E-state index contributed by atoms with van der Waals surface area (Å²) in [4.78, 5) is 15.9. The number of fused-ring (bicyclic) bond motifs is 1. The molecule has 1 amide bonds. The topological polar surface area (TPSA) is 140 Å². The number of nitrogens with zero attached hydrogens (tertiary/aromatic N) is 7. The van der Waals surface area contributed by atoms with Crippen molar-refractivity contribution in [1.29, 1.82) is 0 Å². The van der Waals surface area contributed by atoms with Crippen molar-refractivity contribution in [3.8, 4) is 11.5 Å². The minimum absolute atomic E-state index is 0.201. The zero-order valence-electron chi connectivity index (χ0n) is 12.5. The minimum Gasteiger partial charge on any atom is -0.315 e. The molecular weight excluding hydrogens is 314 g/mol. The van der Waals surface area contributed by atoms with Crippen molar-refractivity contribution in [2.24, 2.45) is 0 Å². The van der Waals surface area contributed by atoms with Crippen molar-refractivity contribution in [1.82, 2.24) is 40.5 Å². The first-order chi connectivity index (χ1) is 11.7. The molecule has 0 aliphatic heterocycles. The van der Waals surface area contributed by atoms with Gasteiger partial charge in [-0.25, -0.2) is 9.61 Å². The van der Waals surface area contributed by atoms with E-state index >= 15 is 0 Å². The second-order valence-corrected chi connectivity index (χ2v) is 4.98. The number of carbonyl (C=O) groups is 1. The molecule has 120 valence electrons. The van der Waals surface area contributed by atoms with Gasteiger partial charge in [0, 0.05) is 6.92 Å². The van der Waals surface area contributed by atoms with Gasteiger partial charge in [0.2, 0.25) is 11.7 Å². The number of imidazole rings is 1. The van der Waals surface area contributed by atoms with Gasteiger partial charge in [0.1, 0.15) is 0 Å². The van der Waals surface area contributed by atoms with Gasteiger partial charge in [-0.15, -0.1) is 10.2 Å². The molecule has 0 bridgehead atoms. The summed E-state index contributed by atoms with van der Waals surface area (Å²) in [5.74, 6) is 0.878. The number of hydrogen-bond donors (Lipinski definition) is 2. The van der Waals surface area contributed by atoms with Gasteiger partial charge in [0.15, 0.2) is 17.3 Å². The molecule has 0 atom stereocenters. The molecule has 3 heterocycles. The van der Waals surface area contributed by atoms with Crippen molar-refractivity contribution in [3.63, 3.8) is 0 Å². The molecule has 3 aromatic heterocycles.